The van der Waals surface area contributed by atoms with Crippen molar-refractivity contribution < 1.29 is 4.39 Å². The van der Waals surface area contributed by atoms with E-state index in [4.69, 9.17) is 11.6 Å². The lowest BCUT2D eigenvalue weighted by molar-refractivity contribution is 0.255. The molecule has 0 spiro atoms. The molecule has 1 aromatic rings. The Morgan fingerprint density at radius 3 is 2.59 bits per heavy atom. The molecule has 0 aliphatic carbocycles. The normalized spacial score (nSPS) is 12.8. The second-order valence-corrected chi connectivity index (χ2v) is 4.91. The maximum Gasteiger partial charge on any atom is 0.130 e. The maximum absolute atomic E-state index is 13.7. The summed E-state index contributed by atoms with van der Waals surface area (Å²) in [6.07, 6.45) is 0. The van der Waals surface area contributed by atoms with Gasteiger partial charge in [-0.3, -0.25) is 4.90 Å². The molecule has 0 fully saturated rings. The Morgan fingerprint density at radius 2 is 2.12 bits per heavy atom. The van der Waals surface area contributed by atoms with Crippen LogP contribution in [0.15, 0.2) is 18.2 Å². The van der Waals surface area contributed by atoms with Gasteiger partial charge in [-0.2, -0.15) is 5.26 Å². The van der Waals surface area contributed by atoms with Gasteiger partial charge >= 0.3 is 0 Å². The van der Waals surface area contributed by atoms with Gasteiger partial charge in [0.2, 0.25) is 0 Å². The number of nitriles is 1. The van der Waals surface area contributed by atoms with Crippen LogP contribution in [0.25, 0.3) is 0 Å². The standard InChI is InChI=1S/C13H16ClFN2/c1-9(2)8-17(3)12(7-16)13-10(14)5-4-6-11(13)15/h4-6,9,12H,8H2,1-3H3. The van der Waals surface area contributed by atoms with Crippen molar-refractivity contribution in [1.29, 1.82) is 5.26 Å². The quantitative estimate of drug-likeness (QED) is 0.820. The molecule has 4 heteroatoms. The molecule has 0 saturated heterocycles. The van der Waals surface area contributed by atoms with Crippen LogP contribution < -0.4 is 0 Å². The first-order chi connectivity index (χ1) is 7.97. The SMILES string of the molecule is CC(C)CN(C)C(C#N)c1c(F)cccc1Cl. The van der Waals surface area contributed by atoms with E-state index in [9.17, 15) is 9.65 Å². The highest BCUT2D eigenvalue weighted by atomic mass is 35.5. The van der Waals surface area contributed by atoms with E-state index >= 15 is 0 Å². The summed E-state index contributed by atoms with van der Waals surface area (Å²) in [4.78, 5) is 1.81. The highest BCUT2D eigenvalue weighted by Gasteiger charge is 2.23. The Morgan fingerprint density at radius 1 is 1.47 bits per heavy atom. The second-order valence-electron chi connectivity index (χ2n) is 4.50. The van der Waals surface area contributed by atoms with Crippen LogP contribution in [-0.4, -0.2) is 18.5 Å². The molecule has 0 bridgehead atoms. The summed E-state index contributed by atoms with van der Waals surface area (Å²) < 4.78 is 13.7. The first-order valence-electron chi connectivity index (χ1n) is 5.51. The van der Waals surface area contributed by atoms with Gasteiger partial charge < -0.3 is 0 Å². The van der Waals surface area contributed by atoms with Gasteiger partial charge in [0, 0.05) is 17.1 Å². The number of rotatable bonds is 4. The molecule has 0 saturated carbocycles. The molecule has 0 N–H and O–H groups in total. The molecular weight excluding hydrogens is 239 g/mol. The molecule has 17 heavy (non-hydrogen) atoms. The van der Waals surface area contributed by atoms with Crippen molar-refractivity contribution in [3.63, 3.8) is 0 Å². The van der Waals surface area contributed by atoms with Crippen molar-refractivity contribution in [3.8, 4) is 6.07 Å². The number of nitrogens with zero attached hydrogens (tertiary/aromatic N) is 2. The molecule has 92 valence electrons. The van der Waals surface area contributed by atoms with Crippen LogP contribution >= 0.6 is 11.6 Å². The summed E-state index contributed by atoms with van der Waals surface area (Å²) in [5.41, 5.74) is 0.264. The number of benzene rings is 1. The molecule has 0 aliphatic heterocycles. The lowest BCUT2D eigenvalue weighted by Crippen LogP contribution is -2.28. The van der Waals surface area contributed by atoms with Gasteiger partial charge in [0.1, 0.15) is 11.9 Å². The third kappa shape index (κ3) is 3.42. The molecule has 0 heterocycles. The fourth-order valence-electron chi connectivity index (χ4n) is 1.84. The van der Waals surface area contributed by atoms with Crippen molar-refractivity contribution in [3.05, 3.63) is 34.6 Å². The van der Waals surface area contributed by atoms with Crippen LogP contribution in [0.2, 0.25) is 5.02 Å². The van der Waals surface area contributed by atoms with Crippen molar-refractivity contribution in [1.82, 2.24) is 4.90 Å². The lowest BCUT2D eigenvalue weighted by Gasteiger charge is -2.25. The fourth-order valence-corrected chi connectivity index (χ4v) is 2.10. The zero-order chi connectivity index (χ0) is 13.0. The highest BCUT2D eigenvalue weighted by molar-refractivity contribution is 6.31. The van der Waals surface area contributed by atoms with Gasteiger partial charge in [0.15, 0.2) is 0 Å². The summed E-state index contributed by atoms with van der Waals surface area (Å²) in [7, 11) is 1.80. The molecule has 0 radical (unpaired) electrons. The average molecular weight is 255 g/mol. The van der Waals surface area contributed by atoms with Crippen molar-refractivity contribution in [2.24, 2.45) is 5.92 Å². The number of hydrogen-bond donors (Lipinski definition) is 0. The second kappa shape index (κ2) is 6.00. The van der Waals surface area contributed by atoms with Gasteiger partial charge in [-0.15, -0.1) is 0 Å². The highest BCUT2D eigenvalue weighted by Crippen LogP contribution is 2.29. The van der Waals surface area contributed by atoms with Crippen LogP contribution in [0.3, 0.4) is 0 Å². The van der Waals surface area contributed by atoms with Crippen LogP contribution in [0.5, 0.6) is 0 Å². The zero-order valence-corrected chi connectivity index (χ0v) is 11.0. The topological polar surface area (TPSA) is 27.0 Å². The smallest absolute Gasteiger partial charge is 0.130 e. The molecule has 1 aromatic carbocycles. The minimum absolute atomic E-state index is 0.264. The lowest BCUT2D eigenvalue weighted by atomic mass is 10.0. The van der Waals surface area contributed by atoms with Crippen molar-refractivity contribution in [2.45, 2.75) is 19.9 Å². The Balaban J connectivity index is 3.06. The summed E-state index contributed by atoms with van der Waals surface area (Å²) in [6, 6.07) is 5.93. The molecule has 1 unspecified atom stereocenters. The number of hydrogen-bond acceptors (Lipinski definition) is 2. The third-order valence-electron chi connectivity index (χ3n) is 2.49. The van der Waals surface area contributed by atoms with Crippen molar-refractivity contribution in [2.75, 3.05) is 13.6 Å². The fraction of sp³-hybridized carbons (Fsp3) is 0.462. The van der Waals surface area contributed by atoms with E-state index in [-0.39, 0.29) is 5.56 Å². The number of halogens is 2. The van der Waals surface area contributed by atoms with Gasteiger partial charge in [0.25, 0.3) is 0 Å². The van der Waals surface area contributed by atoms with Gasteiger partial charge in [-0.05, 0) is 25.1 Å². The van der Waals surface area contributed by atoms with Crippen LogP contribution in [0.4, 0.5) is 4.39 Å². The minimum atomic E-state index is -0.647. The van der Waals surface area contributed by atoms with E-state index in [0.717, 1.165) is 0 Å². The van der Waals surface area contributed by atoms with E-state index in [1.165, 1.54) is 12.1 Å². The maximum atomic E-state index is 13.7. The molecule has 1 rings (SSSR count). The van der Waals surface area contributed by atoms with Crippen LogP contribution in [0.1, 0.15) is 25.5 Å². The summed E-state index contributed by atoms with van der Waals surface area (Å²) >= 11 is 5.97. The molecule has 0 aromatic heterocycles. The predicted molar refractivity (Wildman–Crippen MR) is 67.2 cm³/mol. The Bertz CT molecular complexity index is 406. The van der Waals surface area contributed by atoms with Gasteiger partial charge in [0.05, 0.1) is 6.07 Å². The predicted octanol–water partition coefficient (Wildman–Crippen LogP) is 3.63. The van der Waals surface area contributed by atoms with Crippen LogP contribution in [0, 0.1) is 23.1 Å². The molecule has 2 nitrogen and oxygen atoms in total. The summed E-state index contributed by atoms with van der Waals surface area (Å²) in [6.45, 7) is 4.81. The van der Waals surface area contributed by atoms with Gasteiger partial charge in [-0.1, -0.05) is 31.5 Å². The third-order valence-corrected chi connectivity index (χ3v) is 2.82. The summed E-state index contributed by atoms with van der Waals surface area (Å²) in [5, 5.41) is 9.49. The van der Waals surface area contributed by atoms with E-state index in [1.807, 2.05) is 18.7 Å². The van der Waals surface area contributed by atoms with Crippen LogP contribution in [-0.2, 0) is 0 Å². The Labute approximate surface area is 107 Å². The monoisotopic (exact) mass is 254 g/mol. The van der Waals surface area contributed by atoms with E-state index in [0.29, 0.717) is 17.5 Å². The molecule has 0 aliphatic rings. The largest absolute Gasteiger partial charge is 0.287 e. The summed E-state index contributed by atoms with van der Waals surface area (Å²) in [5.74, 6) is -0.0268. The molecular formula is C13H16ClFN2. The first-order valence-corrected chi connectivity index (χ1v) is 5.89. The Hall–Kier alpha value is -1.11. The van der Waals surface area contributed by atoms with Gasteiger partial charge in [-0.25, -0.2) is 4.39 Å². The molecule has 0 amide bonds. The van der Waals surface area contributed by atoms with E-state index in [1.54, 1.807) is 13.1 Å². The first kappa shape index (κ1) is 14.0. The average Bonchev–Trinajstić information content (AvgIpc) is 2.22. The Kier molecular flexibility index (Phi) is 4.92. The molecule has 1 atom stereocenters. The minimum Gasteiger partial charge on any atom is -0.287 e. The van der Waals surface area contributed by atoms with Crippen molar-refractivity contribution >= 4 is 11.6 Å². The van der Waals surface area contributed by atoms with E-state index < -0.39 is 11.9 Å². The zero-order valence-electron chi connectivity index (χ0n) is 10.2. The van der Waals surface area contributed by atoms with E-state index in [2.05, 4.69) is 6.07 Å².